The van der Waals surface area contributed by atoms with Gasteiger partial charge >= 0.3 is 0 Å². The van der Waals surface area contributed by atoms with Gasteiger partial charge in [0, 0.05) is 12.0 Å². The topological polar surface area (TPSA) is 55.8 Å². The van der Waals surface area contributed by atoms with Crippen molar-refractivity contribution in [1.82, 2.24) is 0 Å². The number of hydrogen-bond donors (Lipinski definition) is 1. The van der Waals surface area contributed by atoms with Crippen LogP contribution in [0.3, 0.4) is 0 Å². The fourth-order valence-electron chi connectivity index (χ4n) is 1.33. The van der Waals surface area contributed by atoms with Gasteiger partial charge in [-0.1, -0.05) is 6.92 Å². The van der Waals surface area contributed by atoms with Gasteiger partial charge in [0.1, 0.15) is 12.4 Å². The molecule has 1 N–H and O–H groups in total. The van der Waals surface area contributed by atoms with Gasteiger partial charge < -0.3 is 14.6 Å². The summed E-state index contributed by atoms with van der Waals surface area (Å²) in [6.45, 7) is 3.06. The predicted molar refractivity (Wildman–Crippen MR) is 64.5 cm³/mol. The maximum Gasteiger partial charge on any atom is 0.162 e. The molecule has 0 atom stereocenters. The molecular weight excluding hydrogens is 220 g/mol. The van der Waals surface area contributed by atoms with Gasteiger partial charge in [-0.2, -0.15) is 0 Å². The number of aliphatic hydroxyl groups is 1. The molecule has 0 aliphatic carbocycles. The Balaban J connectivity index is 2.33. The molecule has 0 amide bonds. The Hall–Kier alpha value is -1.39. The van der Waals surface area contributed by atoms with Gasteiger partial charge in [0.25, 0.3) is 0 Å². The van der Waals surface area contributed by atoms with Crippen molar-refractivity contribution >= 4 is 5.78 Å². The van der Waals surface area contributed by atoms with Crippen LogP contribution in [0.4, 0.5) is 0 Å². The van der Waals surface area contributed by atoms with Crippen LogP contribution in [0.1, 0.15) is 23.7 Å². The van der Waals surface area contributed by atoms with Crippen molar-refractivity contribution in [2.45, 2.75) is 13.3 Å². The van der Waals surface area contributed by atoms with Crippen LogP contribution in [0, 0.1) is 0 Å². The van der Waals surface area contributed by atoms with E-state index >= 15 is 0 Å². The second kappa shape index (κ2) is 7.81. The van der Waals surface area contributed by atoms with E-state index in [2.05, 4.69) is 0 Å². The lowest BCUT2D eigenvalue weighted by molar-refractivity contribution is 0.0705. The molecule has 1 aromatic carbocycles. The molecule has 0 fully saturated rings. The number of hydrogen-bond acceptors (Lipinski definition) is 4. The summed E-state index contributed by atoms with van der Waals surface area (Å²) in [5, 5.41) is 8.49. The molecule has 0 saturated carbocycles. The maximum atomic E-state index is 11.4. The van der Waals surface area contributed by atoms with Crippen molar-refractivity contribution in [2.75, 3.05) is 26.4 Å². The molecular formula is C13H18O4. The molecule has 0 aliphatic rings. The van der Waals surface area contributed by atoms with E-state index in [9.17, 15) is 4.79 Å². The van der Waals surface area contributed by atoms with E-state index in [1.165, 1.54) is 0 Å². The van der Waals surface area contributed by atoms with Crippen LogP contribution in [0.25, 0.3) is 0 Å². The Labute approximate surface area is 101 Å². The highest BCUT2D eigenvalue weighted by Gasteiger charge is 2.02. The molecule has 0 aliphatic heterocycles. The first-order valence-electron chi connectivity index (χ1n) is 5.72. The van der Waals surface area contributed by atoms with Gasteiger partial charge in [-0.25, -0.2) is 0 Å². The highest BCUT2D eigenvalue weighted by Crippen LogP contribution is 2.13. The summed E-state index contributed by atoms with van der Waals surface area (Å²) in [7, 11) is 0. The van der Waals surface area contributed by atoms with Crippen molar-refractivity contribution in [3.8, 4) is 5.75 Å². The van der Waals surface area contributed by atoms with E-state index in [0.717, 1.165) is 0 Å². The van der Waals surface area contributed by atoms with Crippen LogP contribution in [-0.2, 0) is 4.74 Å². The molecule has 0 saturated heterocycles. The zero-order valence-electron chi connectivity index (χ0n) is 10.0. The Bertz CT molecular complexity index is 332. The van der Waals surface area contributed by atoms with E-state index in [1.807, 2.05) is 6.92 Å². The second-order valence-corrected chi connectivity index (χ2v) is 3.49. The standard InChI is InChI=1S/C13H18O4/c1-2-13(15)11-3-5-12(6-4-11)17-10-9-16-8-7-14/h3-6,14H,2,7-10H2,1H3. The number of carbonyl (C=O) groups is 1. The molecule has 0 aromatic heterocycles. The zero-order valence-corrected chi connectivity index (χ0v) is 10.0. The Morgan fingerprint density at radius 1 is 1.18 bits per heavy atom. The predicted octanol–water partition coefficient (Wildman–Crippen LogP) is 1.67. The summed E-state index contributed by atoms with van der Waals surface area (Å²) in [5.74, 6) is 0.841. The molecule has 1 rings (SSSR count). The Morgan fingerprint density at radius 2 is 1.88 bits per heavy atom. The fraction of sp³-hybridized carbons (Fsp3) is 0.462. The monoisotopic (exact) mass is 238 g/mol. The van der Waals surface area contributed by atoms with Crippen LogP contribution in [0.15, 0.2) is 24.3 Å². The number of carbonyl (C=O) groups excluding carboxylic acids is 1. The highest BCUT2D eigenvalue weighted by atomic mass is 16.5. The summed E-state index contributed by atoms with van der Waals surface area (Å²) in [4.78, 5) is 11.4. The molecule has 0 heterocycles. The number of ketones is 1. The quantitative estimate of drug-likeness (QED) is 0.553. The lowest BCUT2D eigenvalue weighted by atomic mass is 10.1. The van der Waals surface area contributed by atoms with Gasteiger partial charge in [-0.15, -0.1) is 0 Å². The van der Waals surface area contributed by atoms with E-state index in [0.29, 0.717) is 37.6 Å². The molecule has 0 unspecified atom stereocenters. The number of ether oxygens (including phenoxy) is 2. The van der Waals surface area contributed by atoms with Gasteiger partial charge in [0.05, 0.1) is 19.8 Å². The van der Waals surface area contributed by atoms with Crippen molar-refractivity contribution in [3.63, 3.8) is 0 Å². The van der Waals surface area contributed by atoms with Gasteiger partial charge in [0.15, 0.2) is 5.78 Å². The summed E-state index contributed by atoms with van der Waals surface area (Å²) in [6, 6.07) is 7.06. The average molecular weight is 238 g/mol. The summed E-state index contributed by atoms with van der Waals surface area (Å²) >= 11 is 0. The van der Waals surface area contributed by atoms with E-state index < -0.39 is 0 Å². The Kier molecular flexibility index (Phi) is 6.29. The minimum atomic E-state index is 0.0217. The lowest BCUT2D eigenvalue weighted by Crippen LogP contribution is -2.09. The van der Waals surface area contributed by atoms with Crippen LogP contribution >= 0.6 is 0 Å². The first-order chi connectivity index (χ1) is 8.27. The third kappa shape index (κ3) is 4.97. The van der Waals surface area contributed by atoms with Crippen molar-refractivity contribution in [3.05, 3.63) is 29.8 Å². The number of aliphatic hydroxyl groups excluding tert-OH is 1. The van der Waals surface area contributed by atoms with Gasteiger partial charge in [-0.3, -0.25) is 4.79 Å². The lowest BCUT2D eigenvalue weighted by Gasteiger charge is -2.07. The minimum absolute atomic E-state index is 0.0217. The smallest absolute Gasteiger partial charge is 0.162 e. The molecule has 94 valence electrons. The number of Topliss-reactive ketones (excluding diaryl/α,β-unsaturated/α-hetero) is 1. The van der Waals surface area contributed by atoms with E-state index in [1.54, 1.807) is 24.3 Å². The van der Waals surface area contributed by atoms with E-state index in [-0.39, 0.29) is 12.4 Å². The normalized spacial score (nSPS) is 10.2. The highest BCUT2D eigenvalue weighted by molar-refractivity contribution is 5.95. The average Bonchev–Trinajstić information content (AvgIpc) is 2.38. The van der Waals surface area contributed by atoms with Crippen LogP contribution < -0.4 is 4.74 Å². The molecule has 17 heavy (non-hydrogen) atoms. The largest absolute Gasteiger partial charge is 0.491 e. The summed E-state index contributed by atoms with van der Waals surface area (Å²) in [5.41, 5.74) is 0.705. The SMILES string of the molecule is CCC(=O)c1ccc(OCCOCCO)cc1. The summed E-state index contributed by atoms with van der Waals surface area (Å²) < 4.78 is 10.5. The third-order valence-electron chi connectivity index (χ3n) is 2.23. The maximum absolute atomic E-state index is 11.4. The van der Waals surface area contributed by atoms with Gasteiger partial charge in [-0.05, 0) is 24.3 Å². The minimum Gasteiger partial charge on any atom is -0.491 e. The Morgan fingerprint density at radius 3 is 2.47 bits per heavy atom. The van der Waals surface area contributed by atoms with Crippen LogP contribution in [0.5, 0.6) is 5.75 Å². The molecule has 0 spiro atoms. The fourth-order valence-corrected chi connectivity index (χ4v) is 1.33. The first kappa shape index (κ1) is 13.7. The third-order valence-corrected chi connectivity index (χ3v) is 2.23. The second-order valence-electron chi connectivity index (χ2n) is 3.49. The molecule has 0 radical (unpaired) electrons. The van der Waals surface area contributed by atoms with E-state index in [4.69, 9.17) is 14.6 Å². The van der Waals surface area contributed by atoms with Crippen LogP contribution in [-0.4, -0.2) is 37.3 Å². The zero-order chi connectivity index (χ0) is 12.5. The summed E-state index contributed by atoms with van der Waals surface area (Å²) in [6.07, 6.45) is 0.509. The first-order valence-corrected chi connectivity index (χ1v) is 5.72. The van der Waals surface area contributed by atoms with Crippen molar-refractivity contribution < 1.29 is 19.4 Å². The molecule has 4 heteroatoms. The number of benzene rings is 1. The molecule has 1 aromatic rings. The van der Waals surface area contributed by atoms with Crippen molar-refractivity contribution in [2.24, 2.45) is 0 Å². The molecule has 4 nitrogen and oxygen atoms in total. The van der Waals surface area contributed by atoms with Crippen molar-refractivity contribution in [1.29, 1.82) is 0 Å². The van der Waals surface area contributed by atoms with Crippen LogP contribution in [0.2, 0.25) is 0 Å². The van der Waals surface area contributed by atoms with Gasteiger partial charge in [0.2, 0.25) is 0 Å². The number of rotatable bonds is 8. The molecule has 0 bridgehead atoms.